The lowest BCUT2D eigenvalue weighted by Crippen LogP contribution is -2.68. The molecule has 0 bridgehead atoms. The SMILES string of the molecule is COc1cccc(OC)c1C(=O)C(OC(C(=O)c1c(OC)cccc1OC)(C(=O)c1c(OC)cccc1OC)C(C)C(=O)C(C)(C)C)(C(=O)c1c(OC)cccc1OC)C(C)C(=O)C(C)(C)C. The van der Waals surface area contributed by atoms with Crippen LogP contribution in [-0.2, 0) is 14.3 Å². The zero-order valence-corrected chi connectivity index (χ0v) is 41.2. The van der Waals surface area contributed by atoms with Crippen LogP contribution >= 0.6 is 0 Å². The van der Waals surface area contributed by atoms with Crippen LogP contribution in [0, 0.1) is 22.7 Å². The fourth-order valence-corrected chi connectivity index (χ4v) is 8.32. The Morgan fingerprint density at radius 1 is 0.343 bits per heavy atom. The Balaban J connectivity index is 2.57. The highest BCUT2D eigenvalue weighted by Gasteiger charge is 2.68. The van der Waals surface area contributed by atoms with Gasteiger partial charge < -0.3 is 42.6 Å². The highest BCUT2D eigenvalue weighted by Crippen LogP contribution is 2.51. The van der Waals surface area contributed by atoms with Crippen LogP contribution in [0.3, 0.4) is 0 Å². The van der Waals surface area contributed by atoms with Crippen LogP contribution in [0.4, 0.5) is 0 Å². The van der Waals surface area contributed by atoms with Gasteiger partial charge in [0.1, 0.15) is 79.8 Å². The molecule has 0 saturated heterocycles. The zero-order valence-electron chi connectivity index (χ0n) is 41.2. The van der Waals surface area contributed by atoms with E-state index in [0.29, 0.717) is 0 Å². The molecular weight excluding hydrogens is 865 g/mol. The van der Waals surface area contributed by atoms with Crippen molar-refractivity contribution in [1.29, 1.82) is 0 Å². The van der Waals surface area contributed by atoms with Gasteiger partial charge in [-0.3, -0.25) is 28.8 Å². The summed E-state index contributed by atoms with van der Waals surface area (Å²) in [5.74, 6) is -11.7. The number of carbonyl (C=O) groups excluding carboxylic acids is 6. The summed E-state index contributed by atoms with van der Waals surface area (Å²) in [6.45, 7) is 11.9. The second-order valence-corrected chi connectivity index (χ2v) is 17.7. The van der Waals surface area contributed by atoms with E-state index in [1.165, 1.54) is 144 Å². The van der Waals surface area contributed by atoms with E-state index in [9.17, 15) is 0 Å². The third kappa shape index (κ3) is 9.47. The molecule has 0 N–H and O–H groups in total. The molecule has 2 atom stereocenters. The van der Waals surface area contributed by atoms with Gasteiger partial charge in [0.05, 0.1) is 68.7 Å². The maximum absolute atomic E-state index is 16.6. The molecule has 0 saturated carbocycles. The largest absolute Gasteiger partial charge is 0.496 e. The molecule has 15 nitrogen and oxygen atoms in total. The first-order valence-electron chi connectivity index (χ1n) is 21.3. The molecule has 15 heteroatoms. The van der Waals surface area contributed by atoms with Gasteiger partial charge in [0.15, 0.2) is 0 Å². The number of Topliss-reactive ketones (excluding diaryl/α,β-unsaturated/α-hetero) is 6. The fourth-order valence-electron chi connectivity index (χ4n) is 8.32. The molecule has 0 radical (unpaired) electrons. The third-order valence-corrected chi connectivity index (χ3v) is 11.8. The number of carbonyl (C=O) groups is 6. The number of rotatable bonds is 22. The van der Waals surface area contributed by atoms with E-state index < -0.39 is 90.8 Å². The summed E-state index contributed by atoms with van der Waals surface area (Å²) in [5, 5.41) is 0. The van der Waals surface area contributed by atoms with Crippen LogP contribution in [0.15, 0.2) is 72.8 Å². The quantitative estimate of drug-likeness (QED) is 0.0539. The molecule has 4 rings (SSSR count). The van der Waals surface area contributed by atoms with Crippen molar-refractivity contribution < 1.29 is 71.4 Å². The number of ether oxygens (including phenoxy) is 9. The number of benzene rings is 4. The normalized spacial score (nSPS) is 12.8. The van der Waals surface area contributed by atoms with Crippen molar-refractivity contribution in [3.05, 3.63) is 95.1 Å². The van der Waals surface area contributed by atoms with Gasteiger partial charge in [0.25, 0.3) is 0 Å². The van der Waals surface area contributed by atoms with Crippen molar-refractivity contribution in [3.63, 3.8) is 0 Å². The van der Waals surface area contributed by atoms with E-state index in [0.717, 1.165) is 0 Å². The predicted octanol–water partition coefficient (Wildman–Crippen LogP) is 8.58. The lowest BCUT2D eigenvalue weighted by molar-refractivity contribution is -0.155. The molecule has 0 heterocycles. The molecule has 4 aromatic carbocycles. The highest BCUT2D eigenvalue weighted by atomic mass is 16.6. The molecule has 0 aromatic heterocycles. The van der Waals surface area contributed by atoms with Crippen molar-refractivity contribution in [2.24, 2.45) is 22.7 Å². The minimum absolute atomic E-state index is 0.146. The Morgan fingerprint density at radius 3 is 0.642 bits per heavy atom. The molecule has 0 spiro atoms. The summed E-state index contributed by atoms with van der Waals surface area (Å²) in [6, 6.07) is 17.4. The summed E-state index contributed by atoms with van der Waals surface area (Å²) >= 11 is 0. The first-order chi connectivity index (χ1) is 31.5. The van der Waals surface area contributed by atoms with Crippen molar-refractivity contribution in [2.75, 3.05) is 56.9 Å². The summed E-state index contributed by atoms with van der Waals surface area (Å²) in [4.78, 5) is 97.2. The van der Waals surface area contributed by atoms with Crippen LogP contribution in [0.5, 0.6) is 46.0 Å². The lowest BCUT2D eigenvalue weighted by atomic mass is 9.66. The van der Waals surface area contributed by atoms with Crippen LogP contribution in [0.1, 0.15) is 96.8 Å². The van der Waals surface area contributed by atoms with Gasteiger partial charge in [-0.25, -0.2) is 0 Å². The number of hydrogen-bond acceptors (Lipinski definition) is 15. The van der Waals surface area contributed by atoms with Gasteiger partial charge >= 0.3 is 0 Å². The third-order valence-electron chi connectivity index (χ3n) is 11.8. The Labute approximate surface area is 392 Å². The minimum Gasteiger partial charge on any atom is -0.496 e. The highest BCUT2D eigenvalue weighted by molar-refractivity contribution is 6.31. The molecular formula is C52H62O15. The summed E-state index contributed by atoms with van der Waals surface area (Å²) < 4.78 is 53.3. The first-order valence-corrected chi connectivity index (χ1v) is 21.3. The van der Waals surface area contributed by atoms with Gasteiger partial charge in [-0.05, 0) is 48.5 Å². The molecule has 0 aliphatic heterocycles. The average Bonchev–Trinajstić information content (AvgIpc) is 3.33. The van der Waals surface area contributed by atoms with Crippen molar-refractivity contribution in [3.8, 4) is 46.0 Å². The van der Waals surface area contributed by atoms with E-state index in [1.54, 1.807) is 41.5 Å². The molecule has 0 fully saturated rings. The van der Waals surface area contributed by atoms with E-state index >= 15 is 28.8 Å². The fraction of sp³-hybridized carbons (Fsp3) is 0.423. The van der Waals surface area contributed by atoms with Gasteiger partial charge in [0.2, 0.25) is 34.3 Å². The monoisotopic (exact) mass is 926 g/mol. The molecule has 67 heavy (non-hydrogen) atoms. The standard InChI is InChI=1S/C52H62O15/c1-29(43(53)49(3,4)5)51(45(55)39-31(59-9)21-17-22-32(39)60-10,46(56)40-33(61-11)23-18-24-34(40)62-12)67-52(30(2)44(54)50(6,7)8,47(57)41-35(63-13)25-19-26-36(41)64-14)48(58)42-37(65-15)27-20-28-38(42)66-16/h17-30H,1-16H3. The Hall–Kier alpha value is -6.74. The van der Waals surface area contributed by atoms with Crippen molar-refractivity contribution in [2.45, 2.75) is 66.6 Å². The van der Waals surface area contributed by atoms with Crippen LogP contribution in [0.2, 0.25) is 0 Å². The summed E-state index contributed by atoms with van der Waals surface area (Å²) in [5.41, 5.74) is -11.1. The number of hydrogen-bond donors (Lipinski definition) is 0. The van der Waals surface area contributed by atoms with Crippen LogP contribution in [-0.4, -0.2) is 103 Å². The van der Waals surface area contributed by atoms with E-state index in [4.69, 9.17) is 42.6 Å². The zero-order chi connectivity index (χ0) is 50.4. The first kappa shape index (κ1) is 52.9. The minimum atomic E-state index is -3.36. The van der Waals surface area contributed by atoms with Gasteiger partial charge in [-0.2, -0.15) is 0 Å². The maximum Gasteiger partial charge on any atom is 0.210 e. The van der Waals surface area contributed by atoms with Gasteiger partial charge in [0, 0.05) is 10.8 Å². The second kappa shape index (κ2) is 20.8. The maximum atomic E-state index is 16.6. The van der Waals surface area contributed by atoms with Crippen molar-refractivity contribution in [1.82, 2.24) is 0 Å². The van der Waals surface area contributed by atoms with E-state index in [-0.39, 0.29) is 46.0 Å². The smallest absolute Gasteiger partial charge is 0.210 e. The number of methoxy groups -OCH3 is 8. The Morgan fingerprint density at radius 2 is 0.507 bits per heavy atom. The van der Waals surface area contributed by atoms with Crippen molar-refractivity contribution >= 4 is 34.7 Å². The summed E-state index contributed by atoms with van der Waals surface area (Å²) in [6.07, 6.45) is 0. The van der Waals surface area contributed by atoms with Crippen LogP contribution in [0.25, 0.3) is 0 Å². The lowest BCUT2D eigenvalue weighted by Gasteiger charge is -2.47. The number of ketones is 6. The molecule has 0 amide bonds. The Kier molecular flexibility index (Phi) is 16.4. The van der Waals surface area contributed by atoms with Crippen LogP contribution < -0.4 is 37.9 Å². The molecule has 360 valence electrons. The molecule has 2 unspecified atom stereocenters. The topological polar surface area (TPSA) is 185 Å². The molecule has 0 aliphatic carbocycles. The Bertz CT molecular complexity index is 2130. The molecule has 4 aromatic rings. The predicted molar refractivity (Wildman–Crippen MR) is 249 cm³/mol. The molecule has 0 aliphatic rings. The van der Waals surface area contributed by atoms with E-state index in [1.807, 2.05) is 0 Å². The van der Waals surface area contributed by atoms with Gasteiger partial charge in [-0.15, -0.1) is 0 Å². The van der Waals surface area contributed by atoms with Gasteiger partial charge in [-0.1, -0.05) is 79.7 Å². The average molecular weight is 927 g/mol. The van der Waals surface area contributed by atoms with E-state index in [2.05, 4.69) is 0 Å². The summed E-state index contributed by atoms with van der Waals surface area (Å²) in [7, 11) is 10.2. The second-order valence-electron chi connectivity index (χ2n) is 17.7.